The van der Waals surface area contributed by atoms with Crippen LogP contribution in [-0.2, 0) is 13.0 Å². The van der Waals surface area contributed by atoms with Gasteiger partial charge in [-0.25, -0.2) is 4.39 Å². The molecule has 0 saturated heterocycles. The van der Waals surface area contributed by atoms with Crippen molar-refractivity contribution in [3.8, 4) is 17.2 Å². The zero-order chi connectivity index (χ0) is 21.1. The van der Waals surface area contributed by atoms with Gasteiger partial charge in [-0.05, 0) is 36.8 Å². The molecule has 1 amide bonds. The number of carbonyl (C=O) groups excluding carboxylic acids is 1. The maximum Gasteiger partial charge on any atom is 0.261 e. The molecule has 0 saturated carbocycles. The molecule has 1 N–H and O–H groups in total. The number of benzene rings is 1. The van der Waals surface area contributed by atoms with Crippen LogP contribution in [0, 0.1) is 5.82 Å². The predicted molar refractivity (Wildman–Crippen MR) is 104 cm³/mol. The van der Waals surface area contributed by atoms with Crippen molar-refractivity contribution in [3.63, 3.8) is 0 Å². The van der Waals surface area contributed by atoms with Crippen molar-refractivity contribution in [1.82, 2.24) is 30.1 Å². The molecule has 9 nitrogen and oxygen atoms in total. The Morgan fingerprint density at radius 3 is 2.93 bits per heavy atom. The Morgan fingerprint density at radius 1 is 1.30 bits per heavy atom. The highest BCUT2D eigenvalue weighted by Crippen LogP contribution is 2.22. The summed E-state index contributed by atoms with van der Waals surface area (Å²) in [7, 11) is 1.36. The molecular weight excluding hydrogens is 391 g/mol. The Balaban J connectivity index is 1.54. The van der Waals surface area contributed by atoms with Crippen molar-refractivity contribution in [1.29, 1.82) is 0 Å². The zero-order valence-electron chi connectivity index (χ0n) is 16.4. The summed E-state index contributed by atoms with van der Waals surface area (Å²) in [4.78, 5) is 16.8. The first-order chi connectivity index (χ1) is 14.6. The molecule has 0 atom stereocenters. The first-order valence-corrected chi connectivity index (χ1v) is 9.38. The van der Waals surface area contributed by atoms with Crippen LogP contribution in [-0.4, -0.2) is 37.8 Å². The first kappa shape index (κ1) is 19.5. The van der Waals surface area contributed by atoms with E-state index < -0.39 is 11.7 Å². The predicted octanol–water partition coefficient (Wildman–Crippen LogP) is 2.81. The van der Waals surface area contributed by atoms with Crippen LogP contribution in [0.1, 0.15) is 35.4 Å². The molecule has 154 valence electrons. The minimum atomic E-state index is -0.607. The number of pyridine rings is 1. The van der Waals surface area contributed by atoms with E-state index in [1.165, 1.54) is 19.2 Å². The van der Waals surface area contributed by atoms with Crippen LogP contribution in [0.25, 0.3) is 17.1 Å². The Kier molecular flexibility index (Phi) is 5.38. The molecule has 0 radical (unpaired) electrons. The quantitative estimate of drug-likeness (QED) is 0.499. The van der Waals surface area contributed by atoms with Crippen molar-refractivity contribution < 1.29 is 18.4 Å². The highest BCUT2D eigenvalue weighted by Gasteiger charge is 2.17. The standard InChI is InChI=1S/C20H19FN6O3/c1-3-5-16-23-20(30-26-16)13-6-4-9-27-17(24-25-18(13)27)11-22-19(28)12-7-8-15(29-2)14(21)10-12/h4,6-10H,3,5,11H2,1-2H3,(H,22,28). The van der Waals surface area contributed by atoms with E-state index in [0.717, 1.165) is 18.9 Å². The summed E-state index contributed by atoms with van der Waals surface area (Å²) >= 11 is 0. The van der Waals surface area contributed by atoms with Crippen LogP contribution < -0.4 is 10.1 Å². The largest absolute Gasteiger partial charge is 0.494 e. The molecule has 4 aromatic rings. The number of fused-ring (bicyclic) bond motifs is 1. The van der Waals surface area contributed by atoms with Gasteiger partial charge in [0, 0.05) is 18.2 Å². The van der Waals surface area contributed by atoms with Crippen LogP contribution >= 0.6 is 0 Å². The molecule has 3 aromatic heterocycles. The zero-order valence-corrected chi connectivity index (χ0v) is 16.4. The Morgan fingerprint density at radius 2 is 2.17 bits per heavy atom. The lowest BCUT2D eigenvalue weighted by Crippen LogP contribution is -2.24. The van der Waals surface area contributed by atoms with Crippen molar-refractivity contribution >= 4 is 11.6 Å². The average Bonchev–Trinajstić information content (AvgIpc) is 3.39. The number of carbonyl (C=O) groups is 1. The lowest BCUT2D eigenvalue weighted by atomic mass is 10.2. The minimum Gasteiger partial charge on any atom is -0.494 e. The summed E-state index contributed by atoms with van der Waals surface area (Å²) in [5, 5.41) is 15.0. The van der Waals surface area contributed by atoms with Gasteiger partial charge in [-0.1, -0.05) is 12.1 Å². The second-order valence-electron chi connectivity index (χ2n) is 6.53. The number of ether oxygens (including phenoxy) is 1. The highest BCUT2D eigenvalue weighted by atomic mass is 19.1. The molecule has 0 bridgehead atoms. The summed E-state index contributed by atoms with van der Waals surface area (Å²) in [5.74, 6) is 0.525. The van der Waals surface area contributed by atoms with Crippen LogP contribution in [0.3, 0.4) is 0 Å². The fourth-order valence-electron chi connectivity index (χ4n) is 3.01. The molecule has 10 heteroatoms. The van der Waals surface area contributed by atoms with Gasteiger partial charge in [-0.2, -0.15) is 4.98 Å². The van der Waals surface area contributed by atoms with Crippen LogP contribution in [0.2, 0.25) is 0 Å². The van der Waals surface area contributed by atoms with Crippen LogP contribution in [0.15, 0.2) is 41.1 Å². The molecule has 1 aromatic carbocycles. The third kappa shape index (κ3) is 3.71. The minimum absolute atomic E-state index is 0.0747. The SMILES string of the molecule is CCCc1noc(-c2cccn3c(CNC(=O)c4ccc(OC)c(F)c4)nnc23)n1. The highest BCUT2D eigenvalue weighted by molar-refractivity contribution is 5.94. The summed E-state index contributed by atoms with van der Waals surface area (Å²) in [5.41, 5.74) is 1.36. The van der Waals surface area contributed by atoms with E-state index in [4.69, 9.17) is 9.26 Å². The van der Waals surface area contributed by atoms with Crippen LogP contribution in [0.4, 0.5) is 4.39 Å². The third-order valence-electron chi connectivity index (χ3n) is 4.50. The van der Waals surface area contributed by atoms with E-state index >= 15 is 0 Å². The average molecular weight is 410 g/mol. The second kappa shape index (κ2) is 8.27. The van der Waals surface area contributed by atoms with Crippen molar-refractivity contribution in [2.45, 2.75) is 26.3 Å². The van der Waals surface area contributed by atoms with Gasteiger partial charge in [0.2, 0.25) is 0 Å². The Hall–Kier alpha value is -3.82. The Labute approximate surface area is 170 Å². The maximum atomic E-state index is 13.8. The first-order valence-electron chi connectivity index (χ1n) is 9.38. The van der Waals surface area contributed by atoms with Crippen molar-refractivity contribution in [2.24, 2.45) is 0 Å². The Bertz CT molecular complexity index is 1200. The molecular formula is C20H19FN6O3. The van der Waals surface area contributed by atoms with Gasteiger partial charge in [0.1, 0.15) is 0 Å². The van der Waals surface area contributed by atoms with Gasteiger partial charge in [-0.15, -0.1) is 10.2 Å². The molecule has 0 aliphatic rings. The number of halogens is 1. The lowest BCUT2D eigenvalue weighted by molar-refractivity contribution is 0.0949. The van der Waals surface area contributed by atoms with E-state index in [0.29, 0.717) is 28.8 Å². The van der Waals surface area contributed by atoms with Crippen molar-refractivity contribution in [3.05, 3.63) is 59.6 Å². The number of nitrogens with one attached hydrogen (secondary N) is 1. The second-order valence-corrected chi connectivity index (χ2v) is 6.53. The summed E-state index contributed by atoms with van der Waals surface area (Å²) in [6.07, 6.45) is 3.41. The number of aromatic nitrogens is 5. The third-order valence-corrected chi connectivity index (χ3v) is 4.50. The molecule has 0 aliphatic heterocycles. The number of methoxy groups -OCH3 is 1. The lowest BCUT2D eigenvalue weighted by Gasteiger charge is -2.06. The number of rotatable bonds is 7. The monoisotopic (exact) mass is 410 g/mol. The molecule has 30 heavy (non-hydrogen) atoms. The maximum absolute atomic E-state index is 13.8. The van der Waals surface area contributed by atoms with Gasteiger partial charge >= 0.3 is 0 Å². The van der Waals surface area contributed by atoms with E-state index in [-0.39, 0.29) is 17.9 Å². The summed E-state index contributed by atoms with van der Waals surface area (Å²) in [6, 6.07) is 7.63. The van der Waals surface area contributed by atoms with Gasteiger partial charge in [0.25, 0.3) is 11.8 Å². The van der Waals surface area contributed by atoms with E-state index in [1.54, 1.807) is 16.7 Å². The van der Waals surface area contributed by atoms with E-state index in [9.17, 15) is 9.18 Å². The van der Waals surface area contributed by atoms with Gasteiger partial charge < -0.3 is 14.6 Å². The number of aryl methyl sites for hydroxylation is 1. The smallest absolute Gasteiger partial charge is 0.261 e. The molecule has 3 heterocycles. The fraction of sp³-hybridized carbons (Fsp3) is 0.250. The molecule has 0 fully saturated rings. The normalized spacial score (nSPS) is 11.0. The number of amides is 1. The van der Waals surface area contributed by atoms with Gasteiger partial charge in [0.05, 0.1) is 19.2 Å². The van der Waals surface area contributed by atoms with Gasteiger partial charge in [-0.3, -0.25) is 9.20 Å². The number of hydrogen-bond donors (Lipinski definition) is 1. The molecule has 0 aliphatic carbocycles. The van der Waals surface area contributed by atoms with Crippen LogP contribution in [0.5, 0.6) is 5.75 Å². The number of hydrogen-bond acceptors (Lipinski definition) is 7. The van der Waals surface area contributed by atoms with Gasteiger partial charge in [0.15, 0.2) is 28.9 Å². The molecule has 0 spiro atoms. The molecule has 4 rings (SSSR count). The molecule has 0 unspecified atom stereocenters. The topological polar surface area (TPSA) is 107 Å². The number of nitrogens with zero attached hydrogens (tertiary/aromatic N) is 5. The van der Waals surface area contributed by atoms with E-state index in [1.807, 2.05) is 13.0 Å². The van der Waals surface area contributed by atoms with Crippen molar-refractivity contribution in [2.75, 3.05) is 7.11 Å². The summed E-state index contributed by atoms with van der Waals surface area (Å²) in [6.45, 7) is 2.14. The van der Waals surface area contributed by atoms with E-state index in [2.05, 4.69) is 25.7 Å². The fourth-order valence-corrected chi connectivity index (χ4v) is 3.01. The summed E-state index contributed by atoms with van der Waals surface area (Å²) < 4.78 is 25.8.